The highest BCUT2D eigenvalue weighted by molar-refractivity contribution is 6.30. The van der Waals surface area contributed by atoms with Gasteiger partial charge < -0.3 is 15.2 Å². The summed E-state index contributed by atoms with van der Waals surface area (Å²) in [7, 11) is 0. The van der Waals surface area contributed by atoms with Gasteiger partial charge in [-0.2, -0.15) is 0 Å². The molecule has 0 aromatic heterocycles. The highest BCUT2D eigenvalue weighted by Crippen LogP contribution is 2.34. The molecule has 104 valence electrons. The van der Waals surface area contributed by atoms with Crippen LogP contribution in [0.25, 0.3) is 0 Å². The molecule has 0 amide bonds. The number of rotatable bonds is 3. The Morgan fingerprint density at radius 1 is 1.30 bits per heavy atom. The average Bonchev–Trinajstić information content (AvgIpc) is 2.79. The van der Waals surface area contributed by atoms with Gasteiger partial charge >= 0.3 is 0 Å². The molecule has 0 spiro atoms. The summed E-state index contributed by atoms with van der Waals surface area (Å²) in [6, 6.07) is 9.88. The van der Waals surface area contributed by atoms with Crippen molar-refractivity contribution in [3.05, 3.63) is 58.4 Å². The Hall–Kier alpha value is -1.78. The van der Waals surface area contributed by atoms with E-state index in [9.17, 15) is 4.39 Å². The summed E-state index contributed by atoms with van der Waals surface area (Å²) in [6.45, 7) is 0.610. The summed E-state index contributed by atoms with van der Waals surface area (Å²) in [5.74, 6) is 0.968. The molecular formula is C15H13ClFNO2. The van der Waals surface area contributed by atoms with E-state index in [1.54, 1.807) is 24.3 Å². The van der Waals surface area contributed by atoms with Crippen LogP contribution in [0.4, 0.5) is 4.39 Å². The summed E-state index contributed by atoms with van der Waals surface area (Å²) >= 11 is 5.70. The van der Waals surface area contributed by atoms with Crippen LogP contribution in [0.2, 0.25) is 5.02 Å². The second-order valence-electron chi connectivity index (χ2n) is 4.64. The molecule has 2 aromatic rings. The highest BCUT2D eigenvalue weighted by Gasteiger charge is 2.20. The quantitative estimate of drug-likeness (QED) is 0.942. The van der Waals surface area contributed by atoms with Gasteiger partial charge in [-0.05, 0) is 24.3 Å². The fourth-order valence-electron chi connectivity index (χ4n) is 2.10. The maximum atomic E-state index is 13.6. The predicted molar refractivity (Wildman–Crippen MR) is 74.6 cm³/mol. The second kappa shape index (κ2) is 5.31. The topological polar surface area (TPSA) is 44.5 Å². The Kier molecular flexibility index (Phi) is 3.51. The van der Waals surface area contributed by atoms with Crippen molar-refractivity contribution in [2.75, 3.05) is 6.61 Å². The molecular weight excluding hydrogens is 281 g/mol. The molecule has 0 aliphatic carbocycles. The van der Waals surface area contributed by atoms with Crippen molar-refractivity contribution >= 4 is 11.6 Å². The zero-order valence-corrected chi connectivity index (χ0v) is 11.4. The molecule has 0 saturated heterocycles. The monoisotopic (exact) mass is 293 g/mol. The molecule has 0 saturated carbocycles. The van der Waals surface area contributed by atoms with Crippen molar-refractivity contribution in [1.29, 1.82) is 0 Å². The van der Waals surface area contributed by atoms with Crippen molar-refractivity contribution in [1.82, 2.24) is 0 Å². The molecule has 0 fully saturated rings. The van der Waals surface area contributed by atoms with Gasteiger partial charge in [0.15, 0.2) is 0 Å². The number of nitrogens with two attached hydrogens (primary N) is 1. The Balaban J connectivity index is 1.73. The summed E-state index contributed by atoms with van der Waals surface area (Å²) in [6.07, 6.45) is 0. The molecule has 1 aliphatic rings. The first-order valence-electron chi connectivity index (χ1n) is 6.22. The van der Waals surface area contributed by atoms with Crippen LogP contribution in [-0.4, -0.2) is 6.61 Å². The van der Waals surface area contributed by atoms with Crippen LogP contribution in [0.1, 0.15) is 17.2 Å². The smallest absolute Gasteiger partial charge is 0.131 e. The van der Waals surface area contributed by atoms with Crippen LogP contribution in [0.15, 0.2) is 36.4 Å². The number of benzene rings is 2. The first-order chi connectivity index (χ1) is 9.63. The largest absolute Gasteiger partial charge is 0.491 e. The predicted octanol–water partition coefficient (Wildman–Crippen LogP) is 3.45. The number of hydrogen-bond acceptors (Lipinski definition) is 3. The molecule has 3 nitrogen and oxygen atoms in total. The van der Waals surface area contributed by atoms with Crippen molar-refractivity contribution in [2.24, 2.45) is 5.73 Å². The van der Waals surface area contributed by atoms with Crippen molar-refractivity contribution < 1.29 is 13.9 Å². The van der Waals surface area contributed by atoms with Gasteiger partial charge in [0.2, 0.25) is 0 Å². The van der Waals surface area contributed by atoms with Crippen LogP contribution in [-0.2, 0) is 6.61 Å². The zero-order valence-electron chi connectivity index (χ0n) is 10.6. The van der Waals surface area contributed by atoms with Gasteiger partial charge in [0, 0.05) is 22.2 Å². The number of ether oxygens (including phenoxy) is 2. The highest BCUT2D eigenvalue weighted by atomic mass is 35.5. The van der Waals surface area contributed by atoms with Crippen molar-refractivity contribution in [3.8, 4) is 11.5 Å². The van der Waals surface area contributed by atoms with Gasteiger partial charge in [0.1, 0.15) is 30.5 Å². The number of fused-ring (bicyclic) bond motifs is 1. The SMILES string of the molecule is NC1COc2cc(OCc3ccc(Cl)cc3F)ccc21. The maximum Gasteiger partial charge on any atom is 0.131 e. The molecule has 0 radical (unpaired) electrons. The molecule has 1 unspecified atom stereocenters. The van der Waals surface area contributed by atoms with E-state index in [2.05, 4.69) is 0 Å². The third-order valence-electron chi connectivity index (χ3n) is 3.21. The minimum atomic E-state index is -0.378. The molecule has 0 bridgehead atoms. The molecule has 1 heterocycles. The minimum Gasteiger partial charge on any atom is -0.491 e. The average molecular weight is 294 g/mol. The Labute approximate surface area is 121 Å². The zero-order chi connectivity index (χ0) is 14.1. The van der Waals surface area contributed by atoms with E-state index < -0.39 is 0 Å². The van der Waals surface area contributed by atoms with Gasteiger partial charge in [0.25, 0.3) is 0 Å². The molecule has 2 aromatic carbocycles. The minimum absolute atomic E-state index is 0.0900. The van der Waals surface area contributed by atoms with Gasteiger partial charge in [-0.25, -0.2) is 4.39 Å². The van der Waals surface area contributed by atoms with Gasteiger partial charge in [0.05, 0.1) is 6.04 Å². The van der Waals surface area contributed by atoms with Gasteiger partial charge in [-0.1, -0.05) is 17.7 Å². The molecule has 20 heavy (non-hydrogen) atoms. The third kappa shape index (κ3) is 2.57. The van der Waals surface area contributed by atoms with E-state index in [1.807, 2.05) is 6.07 Å². The molecule has 1 atom stereocenters. The van der Waals surface area contributed by atoms with E-state index >= 15 is 0 Å². The lowest BCUT2D eigenvalue weighted by atomic mass is 10.1. The van der Waals surface area contributed by atoms with Crippen LogP contribution in [0, 0.1) is 5.82 Å². The fraction of sp³-hybridized carbons (Fsp3) is 0.200. The standard InChI is InChI=1S/C15H13ClFNO2/c16-10-2-1-9(13(17)5-10)7-19-11-3-4-12-14(18)8-20-15(12)6-11/h1-6,14H,7-8,18H2. The van der Waals surface area contributed by atoms with Crippen LogP contribution in [0.5, 0.6) is 11.5 Å². The first-order valence-corrected chi connectivity index (χ1v) is 6.60. The van der Waals surface area contributed by atoms with Gasteiger partial charge in [-0.15, -0.1) is 0 Å². The lowest BCUT2D eigenvalue weighted by molar-refractivity contribution is 0.295. The Bertz CT molecular complexity index is 648. The first kappa shape index (κ1) is 13.2. The van der Waals surface area contributed by atoms with Crippen LogP contribution >= 0.6 is 11.6 Å². The Morgan fingerprint density at radius 3 is 2.95 bits per heavy atom. The fourth-order valence-corrected chi connectivity index (χ4v) is 2.26. The molecule has 1 aliphatic heterocycles. The van der Waals surface area contributed by atoms with Crippen molar-refractivity contribution in [2.45, 2.75) is 12.6 Å². The van der Waals surface area contributed by atoms with E-state index in [-0.39, 0.29) is 18.5 Å². The normalized spacial score (nSPS) is 16.6. The summed E-state index contributed by atoms with van der Waals surface area (Å²) < 4.78 is 24.6. The molecule has 5 heteroatoms. The molecule has 3 rings (SSSR count). The summed E-state index contributed by atoms with van der Waals surface area (Å²) in [4.78, 5) is 0. The number of halogens is 2. The second-order valence-corrected chi connectivity index (χ2v) is 5.08. The van der Waals surface area contributed by atoms with Crippen molar-refractivity contribution in [3.63, 3.8) is 0 Å². The summed E-state index contributed by atoms with van der Waals surface area (Å²) in [5, 5.41) is 0.367. The van der Waals surface area contributed by atoms with Crippen LogP contribution < -0.4 is 15.2 Å². The van der Waals surface area contributed by atoms with Crippen LogP contribution in [0.3, 0.4) is 0 Å². The maximum absolute atomic E-state index is 13.6. The Morgan fingerprint density at radius 2 is 2.15 bits per heavy atom. The van der Waals surface area contributed by atoms with E-state index in [4.69, 9.17) is 26.8 Å². The van der Waals surface area contributed by atoms with E-state index in [0.29, 0.717) is 22.9 Å². The number of hydrogen-bond donors (Lipinski definition) is 1. The lowest BCUT2D eigenvalue weighted by Gasteiger charge is -2.09. The van der Waals surface area contributed by atoms with E-state index in [1.165, 1.54) is 6.07 Å². The van der Waals surface area contributed by atoms with E-state index in [0.717, 1.165) is 11.3 Å². The third-order valence-corrected chi connectivity index (χ3v) is 3.45. The van der Waals surface area contributed by atoms with Gasteiger partial charge in [-0.3, -0.25) is 0 Å². The summed E-state index contributed by atoms with van der Waals surface area (Å²) in [5.41, 5.74) is 7.29. The molecule has 2 N–H and O–H groups in total. The lowest BCUT2D eigenvalue weighted by Crippen LogP contribution is -2.10.